The standard InChI is InChI=1S/C24H27N3O6/c1-15(2)21(26-22(29)16-9-5-4-6-10-16)24(31)32-14-20(28)27-13-19(23(30)25-3)33-18-12-8-7-11-17(18)27/h4-12,15,19,21H,13-14H2,1-3H3,(H,25,30)(H,26,29)/t19-,21+/m1/s1. The Bertz CT molecular complexity index is 1020. The van der Waals surface area contributed by atoms with E-state index < -0.39 is 36.5 Å². The maximum atomic E-state index is 12.9. The zero-order valence-electron chi connectivity index (χ0n) is 18.7. The van der Waals surface area contributed by atoms with Gasteiger partial charge in [0.25, 0.3) is 17.7 Å². The molecule has 0 unspecified atom stereocenters. The number of carbonyl (C=O) groups excluding carboxylic acids is 4. The van der Waals surface area contributed by atoms with Crippen molar-refractivity contribution in [1.29, 1.82) is 0 Å². The highest BCUT2D eigenvalue weighted by atomic mass is 16.5. The molecule has 2 N–H and O–H groups in total. The predicted octanol–water partition coefficient (Wildman–Crippen LogP) is 1.52. The Hall–Kier alpha value is -3.88. The molecule has 0 radical (unpaired) electrons. The number of benzene rings is 2. The fourth-order valence-corrected chi connectivity index (χ4v) is 3.38. The van der Waals surface area contributed by atoms with Crippen LogP contribution in [0.5, 0.6) is 5.75 Å². The predicted molar refractivity (Wildman–Crippen MR) is 121 cm³/mol. The minimum absolute atomic E-state index is 0.0224. The molecule has 0 aliphatic carbocycles. The van der Waals surface area contributed by atoms with Crippen molar-refractivity contribution in [1.82, 2.24) is 10.6 Å². The number of esters is 1. The number of hydrogen-bond donors (Lipinski definition) is 2. The van der Waals surface area contributed by atoms with Crippen molar-refractivity contribution in [2.45, 2.75) is 26.0 Å². The number of fused-ring (bicyclic) bond motifs is 1. The van der Waals surface area contributed by atoms with Gasteiger partial charge in [0.05, 0.1) is 12.2 Å². The molecule has 2 aromatic rings. The quantitative estimate of drug-likeness (QED) is 0.615. The zero-order chi connectivity index (χ0) is 24.0. The van der Waals surface area contributed by atoms with Crippen molar-refractivity contribution in [3.63, 3.8) is 0 Å². The first-order valence-corrected chi connectivity index (χ1v) is 10.6. The number of likely N-dealkylation sites (N-methyl/N-ethyl adjacent to an activating group) is 1. The Morgan fingerprint density at radius 1 is 1.06 bits per heavy atom. The molecular weight excluding hydrogens is 426 g/mol. The summed E-state index contributed by atoms with van der Waals surface area (Å²) in [6, 6.07) is 14.4. The Morgan fingerprint density at radius 2 is 1.73 bits per heavy atom. The van der Waals surface area contributed by atoms with Crippen molar-refractivity contribution in [3.05, 3.63) is 60.2 Å². The lowest BCUT2D eigenvalue weighted by Gasteiger charge is -2.34. The molecule has 0 bridgehead atoms. The molecule has 0 fully saturated rings. The molecule has 0 aromatic heterocycles. The molecule has 0 saturated heterocycles. The number of amides is 3. The van der Waals surface area contributed by atoms with Gasteiger partial charge >= 0.3 is 5.97 Å². The van der Waals surface area contributed by atoms with Gasteiger partial charge in [-0.05, 0) is 30.2 Å². The molecule has 0 spiro atoms. The number of anilines is 1. The van der Waals surface area contributed by atoms with Crippen LogP contribution in [0.3, 0.4) is 0 Å². The van der Waals surface area contributed by atoms with Gasteiger partial charge in [0.1, 0.15) is 11.8 Å². The molecule has 3 amide bonds. The van der Waals surface area contributed by atoms with Crippen LogP contribution in [0.25, 0.3) is 0 Å². The Labute approximate surface area is 192 Å². The van der Waals surface area contributed by atoms with E-state index in [1.165, 1.54) is 11.9 Å². The van der Waals surface area contributed by atoms with E-state index in [9.17, 15) is 19.2 Å². The molecule has 1 aliphatic heterocycles. The number of hydrogen-bond acceptors (Lipinski definition) is 6. The third-order valence-corrected chi connectivity index (χ3v) is 5.19. The van der Waals surface area contributed by atoms with E-state index in [1.54, 1.807) is 68.4 Å². The first kappa shape index (κ1) is 23.8. The van der Waals surface area contributed by atoms with Gasteiger partial charge in [-0.25, -0.2) is 4.79 Å². The third-order valence-electron chi connectivity index (χ3n) is 5.19. The van der Waals surface area contributed by atoms with Crippen LogP contribution < -0.4 is 20.3 Å². The number of carbonyl (C=O) groups is 4. The van der Waals surface area contributed by atoms with Gasteiger partial charge < -0.3 is 25.0 Å². The van der Waals surface area contributed by atoms with E-state index in [4.69, 9.17) is 9.47 Å². The number of nitrogens with one attached hydrogen (secondary N) is 2. The normalized spacial score (nSPS) is 15.6. The highest BCUT2D eigenvalue weighted by molar-refractivity contribution is 6.00. The molecule has 174 valence electrons. The Balaban J connectivity index is 1.67. The van der Waals surface area contributed by atoms with Gasteiger partial charge in [0, 0.05) is 12.6 Å². The average molecular weight is 453 g/mol. The molecule has 1 heterocycles. The Kier molecular flexibility index (Phi) is 7.66. The monoisotopic (exact) mass is 453 g/mol. The van der Waals surface area contributed by atoms with Crippen LogP contribution in [0.2, 0.25) is 0 Å². The van der Waals surface area contributed by atoms with Crippen LogP contribution >= 0.6 is 0 Å². The summed E-state index contributed by atoms with van der Waals surface area (Å²) < 4.78 is 11.0. The van der Waals surface area contributed by atoms with Gasteiger partial charge in [-0.2, -0.15) is 0 Å². The Morgan fingerprint density at radius 3 is 2.39 bits per heavy atom. The molecular formula is C24H27N3O6. The first-order chi connectivity index (χ1) is 15.8. The maximum Gasteiger partial charge on any atom is 0.329 e. The molecule has 9 heteroatoms. The average Bonchev–Trinajstić information content (AvgIpc) is 2.84. The van der Waals surface area contributed by atoms with E-state index in [2.05, 4.69) is 10.6 Å². The summed E-state index contributed by atoms with van der Waals surface area (Å²) in [5.41, 5.74) is 0.897. The summed E-state index contributed by atoms with van der Waals surface area (Å²) in [6.07, 6.45) is -0.891. The smallest absolute Gasteiger partial charge is 0.329 e. The third kappa shape index (κ3) is 5.68. The van der Waals surface area contributed by atoms with Crippen LogP contribution in [0.15, 0.2) is 54.6 Å². The van der Waals surface area contributed by atoms with Crippen LogP contribution in [-0.2, 0) is 19.1 Å². The number of rotatable bonds is 7. The fraction of sp³-hybridized carbons (Fsp3) is 0.333. The topological polar surface area (TPSA) is 114 Å². The van der Waals surface area contributed by atoms with Crippen molar-refractivity contribution >= 4 is 29.4 Å². The lowest BCUT2D eigenvalue weighted by molar-refractivity contribution is -0.151. The molecule has 33 heavy (non-hydrogen) atoms. The van der Waals surface area contributed by atoms with E-state index in [0.29, 0.717) is 17.0 Å². The first-order valence-electron chi connectivity index (χ1n) is 10.6. The second kappa shape index (κ2) is 10.6. The number of ether oxygens (including phenoxy) is 2. The minimum Gasteiger partial charge on any atom is -0.477 e. The SMILES string of the molecule is CNC(=O)[C@H]1CN(C(=O)COC(=O)[C@@H](NC(=O)c2ccccc2)C(C)C)c2ccccc2O1. The van der Waals surface area contributed by atoms with Gasteiger partial charge in [-0.1, -0.05) is 44.2 Å². The summed E-state index contributed by atoms with van der Waals surface area (Å²) in [5, 5.41) is 5.18. The number of nitrogens with zero attached hydrogens (tertiary/aromatic N) is 1. The largest absolute Gasteiger partial charge is 0.477 e. The molecule has 0 saturated carbocycles. The summed E-state index contributed by atoms with van der Waals surface area (Å²) in [4.78, 5) is 51.6. The lowest BCUT2D eigenvalue weighted by atomic mass is 10.0. The van der Waals surface area contributed by atoms with E-state index in [-0.39, 0.29) is 18.4 Å². The van der Waals surface area contributed by atoms with Crippen molar-refractivity contribution in [2.24, 2.45) is 5.92 Å². The van der Waals surface area contributed by atoms with E-state index in [1.807, 2.05) is 0 Å². The molecule has 2 atom stereocenters. The lowest BCUT2D eigenvalue weighted by Crippen LogP contribution is -2.51. The van der Waals surface area contributed by atoms with Crippen LogP contribution in [-0.4, -0.2) is 56.0 Å². The molecule has 3 rings (SSSR count). The summed E-state index contributed by atoms with van der Waals surface area (Å²) in [5.74, 6) is -1.89. The summed E-state index contributed by atoms with van der Waals surface area (Å²) >= 11 is 0. The van der Waals surface area contributed by atoms with Crippen molar-refractivity contribution in [2.75, 3.05) is 25.1 Å². The maximum absolute atomic E-state index is 12.9. The van der Waals surface area contributed by atoms with Crippen LogP contribution in [0, 0.1) is 5.92 Å². The second-order valence-electron chi connectivity index (χ2n) is 7.86. The zero-order valence-corrected chi connectivity index (χ0v) is 18.7. The molecule has 9 nitrogen and oxygen atoms in total. The van der Waals surface area contributed by atoms with Gasteiger partial charge in [0.2, 0.25) is 0 Å². The summed E-state index contributed by atoms with van der Waals surface area (Å²) in [6.45, 7) is 2.97. The van der Waals surface area contributed by atoms with Crippen molar-refractivity contribution < 1.29 is 28.7 Å². The van der Waals surface area contributed by atoms with Crippen molar-refractivity contribution in [3.8, 4) is 5.75 Å². The van der Waals surface area contributed by atoms with E-state index in [0.717, 1.165) is 0 Å². The van der Waals surface area contributed by atoms with Crippen LogP contribution in [0.4, 0.5) is 5.69 Å². The fourth-order valence-electron chi connectivity index (χ4n) is 3.38. The number of para-hydroxylation sites is 2. The highest BCUT2D eigenvalue weighted by Crippen LogP contribution is 2.33. The molecule has 1 aliphatic rings. The van der Waals surface area contributed by atoms with E-state index >= 15 is 0 Å². The minimum atomic E-state index is -0.930. The van der Waals surface area contributed by atoms with Gasteiger partial charge in [-0.3, -0.25) is 14.4 Å². The van der Waals surface area contributed by atoms with Gasteiger partial charge in [-0.15, -0.1) is 0 Å². The van der Waals surface area contributed by atoms with Crippen LogP contribution in [0.1, 0.15) is 24.2 Å². The summed E-state index contributed by atoms with van der Waals surface area (Å²) in [7, 11) is 1.48. The second-order valence-corrected chi connectivity index (χ2v) is 7.86. The highest BCUT2D eigenvalue weighted by Gasteiger charge is 2.34. The van der Waals surface area contributed by atoms with Gasteiger partial charge in [0.15, 0.2) is 12.7 Å². The molecule has 2 aromatic carbocycles.